The van der Waals surface area contributed by atoms with Crippen LogP contribution in [0.2, 0.25) is 10.0 Å². The number of halogens is 2. The Morgan fingerprint density at radius 2 is 1.97 bits per heavy atom. The predicted molar refractivity (Wildman–Crippen MR) is 109 cm³/mol. The Hall–Kier alpha value is -2.15. The second kappa shape index (κ2) is 8.30. The second-order valence-electron chi connectivity index (χ2n) is 7.19. The Labute approximate surface area is 178 Å². The molecule has 0 radical (unpaired) electrons. The Morgan fingerprint density at radius 1 is 1.17 bits per heavy atom. The van der Waals surface area contributed by atoms with E-state index in [1.807, 2.05) is 0 Å². The molecule has 2 aliphatic heterocycles. The van der Waals surface area contributed by atoms with Crippen molar-refractivity contribution in [1.82, 2.24) is 4.98 Å². The predicted octanol–water partition coefficient (Wildman–Crippen LogP) is 4.46. The first kappa shape index (κ1) is 20.1. The maximum absolute atomic E-state index is 13.1. The lowest BCUT2D eigenvalue weighted by Gasteiger charge is -2.27. The van der Waals surface area contributed by atoms with Gasteiger partial charge in [-0.2, -0.15) is 0 Å². The van der Waals surface area contributed by atoms with Crippen molar-refractivity contribution in [2.24, 2.45) is 5.92 Å². The smallest absolute Gasteiger partial charge is 0.339 e. The normalized spacial score (nSPS) is 25.1. The monoisotopic (exact) mass is 434 g/mol. The third-order valence-corrected chi connectivity index (χ3v) is 6.16. The summed E-state index contributed by atoms with van der Waals surface area (Å²) in [5.41, 5.74) is 1.75. The molecule has 0 saturated carbocycles. The van der Waals surface area contributed by atoms with E-state index in [0.717, 1.165) is 18.4 Å². The number of nitrogens with zero attached hydrogens (tertiary/aromatic N) is 1. The number of amides is 1. The molecule has 2 aromatic rings. The molecule has 2 saturated heterocycles. The van der Waals surface area contributed by atoms with Crippen molar-refractivity contribution in [3.8, 4) is 0 Å². The fourth-order valence-electron chi connectivity index (χ4n) is 4.20. The lowest BCUT2D eigenvalue weighted by atomic mass is 9.75. The molecule has 0 aliphatic carbocycles. The number of pyridine rings is 1. The van der Waals surface area contributed by atoms with Crippen molar-refractivity contribution in [3.05, 3.63) is 57.8 Å². The maximum Gasteiger partial charge on any atom is 0.339 e. The summed E-state index contributed by atoms with van der Waals surface area (Å²) in [5.74, 6) is -1.15. The number of carbonyl (C=O) groups excluding carboxylic acids is 2. The van der Waals surface area contributed by atoms with E-state index >= 15 is 0 Å². The summed E-state index contributed by atoms with van der Waals surface area (Å²) in [5, 5.41) is 3.72. The highest BCUT2D eigenvalue weighted by atomic mass is 35.5. The molecule has 29 heavy (non-hydrogen) atoms. The number of carbonyl (C=O) groups is 2. The highest BCUT2D eigenvalue weighted by molar-refractivity contribution is 6.42. The summed E-state index contributed by atoms with van der Waals surface area (Å²) in [4.78, 5) is 29.4. The molecule has 2 fully saturated rings. The van der Waals surface area contributed by atoms with Crippen LogP contribution in [0.1, 0.15) is 41.6 Å². The molecule has 2 aliphatic rings. The molecule has 1 aromatic carbocycles. The number of anilines is 1. The van der Waals surface area contributed by atoms with Crippen LogP contribution in [-0.4, -0.2) is 35.7 Å². The highest BCUT2D eigenvalue weighted by Crippen LogP contribution is 2.49. The van der Waals surface area contributed by atoms with Crippen LogP contribution in [0.5, 0.6) is 0 Å². The summed E-state index contributed by atoms with van der Waals surface area (Å²) < 4.78 is 11.1. The number of fused-ring (bicyclic) bond motifs is 2. The summed E-state index contributed by atoms with van der Waals surface area (Å²) in [6, 6.07) is 6.71. The van der Waals surface area contributed by atoms with E-state index in [1.165, 1.54) is 6.20 Å². The summed E-state index contributed by atoms with van der Waals surface area (Å²) >= 11 is 12.0. The van der Waals surface area contributed by atoms with Gasteiger partial charge in [-0.3, -0.25) is 9.78 Å². The van der Waals surface area contributed by atoms with Gasteiger partial charge in [0.2, 0.25) is 5.91 Å². The van der Waals surface area contributed by atoms with Crippen molar-refractivity contribution >= 4 is 40.8 Å². The molecular formula is C21H20Cl2N2O4. The van der Waals surface area contributed by atoms with Crippen LogP contribution in [0.4, 0.5) is 5.69 Å². The van der Waals surface area contributed by atoms with Gasteiger partial charge in [0, 0.05) is 24.0 Å². The minimum absolute atomic E-state index is 0.0798. The number of benzene rings is 1. The number of hydrogen-bond donors (Lipinski definition) is 1. The Balaban J connectivity index is 1.59. The van der Waals surface area contributed by atoms with E-state index < -0.39 is 5.97 Å². The molecular weight excluding hydrogens is 415 g/mol. The first-order valence-corrected chi connectivity index (χ1v) is 10.3. The molecule has 1 aromatic heterocycles. The van der Waals surface area contributed by atoms with Crippen LogP contribution in [0, 0.1) is 5.92 Å². The summed E-state index contributed by atoms with van der Waals surface area (Å²) in [7, 11) is 0. The molecule has 2 bridgehead atoms. The van der Waals surface area contributed by atoms with E-state index in [-0.39, 0.29) is 36.6 Å². The minimum atomic E-state index is -0.428. The lowest BCUT2D eigenvalue weighted by Crippen LogP contribution is -2.36. The Morgan fingerprint density at radius 3 is 2.72 bits per heavy atom. The summed E-state index contributed by atoms with van der Waals surface area (Å²) in [6.45, 7) is 2.04. The second-order valence-corrected chi connectivity index (χ2v) is 8.00. The fourth-order valence-corrected chi connectivity index (χ4v) is 4.50. The maximum atomic E-state index is 13.1. The van der Waals surface area contributed by atoms with Gasteiger partial charge in [0.1, 0.15) is 0 Å². The van der Waals surface area contributed by atoms with Gasteiger partial charge in [-0.15, -0.1) is 0 Å². The van der Waals surface area contributed by atoms with Gasteiger partial charge in [-0.25, -0.2) is 4.79 Å². The van der Waals surface area contributed by atoms with Gasteiger partial charge >= 0.3 is 5.97 Å². The molecule has 4 atom stereocenters. The van der Waals surface area contributed by atoms with Crippen LogP contribution in [-0.2, 0) is 14.3 Å². The molecule has 0 spiro atoms. The van der Waals surface area contributed by atoms with Crippen molar-refractivity contribution < 1.29 is 19.1 Å². The molecule has 0 unspecified atom stereocenters. The van der Waals surface area contributed by atoms with E-state index in [4.69, 9.17) is 32.7 Å². The van der Waals surface area contributed by atoms with Crippen molar-refractivity contribution in [2.45, 2.75) is 37.9 Å². The average Bonchev–Trinajstić information content (AvgIpc) is 3.33. The van der Waals surface area contributed by atoms with Crippen molar-refractivity contribution in [2.75, 3.05) is 11.9 Å². The number of esters is 1. The van der Waals surface area contributed by atoms with Crippen molar-refractivity contribution in [3.63, 3.8) is 0 Å². The number of hydrogen-bond acceptors (Lipinski definition) is 5. The van der Waals surface area contributed by atoms with Gasteiger partial charge in [0.05, 0.1) is 40.3 Å². The molecule has 6 nitrogen and oxygen atoms in total. The highest BCUT2D eigenvalue weighted by Gasteiger charge is 2.53. The zero-order valence-electron chi connectivity index (χ0n) is 15.7. The minimum Gasteiger partial charge on any atom is -0.462 e. The third-order valence-electron chi connectivity index (χ3n) is 5.42. The average molecular weight is 435 g/mol. The number of aromatic nitrogens is 1. The number of rotatable bonds is 5. The van der Waals surface area contributed by atoms with Gasteiger partial charge in [-0.05, 0) is 49.6 Å². The van der Waals surface area contributed by atoms with Gasteiger partial charge in [0.15, 0.2) is 0 Å². The van der Waals surface area contributed by atoms with E-state index in [2.05, 4.69) is 10.3 Å². The molecule has 3 heterocycles. The van der Waals surface area contributed by atoms with Crippen LogP contribution in [0.25, 0.3) is 0 Å². The first-order valence-electron chi connectivity index (χ1n) is 9.51. The summed E-state index contributed by atoms with van der Waals surface area (Å²) in [6.07, 6.45) is 4.61. The number of ether oxygens (including phenoxy) is 2. The van der Waals surface area contributed by atoms with Gasteiger partial charge < -0.3 is 14.8 Å². The Kier molecular flexibility index (Phi) is 5.76. The quantitative estimate of drug-likeness (QED) is 0.702. The van der Waals surface area contributed by atoms with E-state index in [9.17, 15) is 9.59 Å². The standard InChI is InChI=1S/C21H20Cl2N2O4/c1-2-28-21(27)12-7-11(9-24-10-12)18-16-5-6-17(29-16)19(18)20(26)25-13-3-4-14(22)15(23)8-13/h3-4,7-10,16-19H,2,5-6H2,1H3,(H,25,26)/t16-,17+,18-,19+/m0/s1. The largest absolute Gasteiger partial charge is 0.462 e. The molecule has 1 amide bonds. The molecule has 8 heteroatoms. The fraction of sp³-hybridized carbons (Fsp3) is 0.381. The SMILES string of the molecule is CCOC(=O)c1cncc([C@@H]2[C@H](C(=O)Nc3ccc(Cl)c(Cl)c3)[C@H]3CC[C@@H]2O3)c1. The Bertz CT molecular complexity index is 952. The number of nitrogens with one attached hydrogen (secondary N) is 1. The third kappa shape index (κ3) is 3.97. The molecule has 152 valence electrons. The van der Waals surface area contributed by atoms with E-state index in [1.54, 1.807) is 37.4 Å². The molecule has 1 N–H and O–H groups in total. The van der Waals surface area contributed by atoms with Crippen LogP contribution in [0.3, 0.4) is 0 Å². The van der Waals surface area contributed by atoms with Crippen LogP contribution >= 0.6 is 23.2 Å². The van der Waals surface area contributed by atoms with Crippen molar-refractivity contribution in [1.29, 1.82) is 0 Å². The van der Waals surface area contributed by atoms with E-state index in [0.29, 0.717) is 21.3 Å². The zero-order valence-corrected chi connectivity index (χ0v) is 17.2. The zero-order chi connectivity index (χ0) is 20.5. The first-order chi connectivity index (χ1) is 14.0. The molecule has 4 rings (SSSR count). The van der Waals surface area contributed by atoms with Crippen LogP contribution < -0.4 is 5.32 Å². The van der Waals surface area contributed by atoms with Gasteiger partial charge in [0.25, 0.3) is 0 Å². The van der Waals surface area contributed by atoms with Crippen LogP contribution in [0.15, 0.2) is 36.7 Å². The van der Waals surface area contributed by atoms with Gasteiger partial charge in [-0.1, -0.05) is 23.2 Å². The lowest BCUT2D eigenvalue weighted by molar-refractivity contribution is -0.121. The topological polar surface area (TPSA) is 77.5 Å².